The molecule has 5 atom stereocenters. The first kappa shape index (κ1) is 22.2. The van der Waals surface area contributed by atoms with Gasteiger partial charge in [-0.15, -0.1) is 0 Å². The Bertz CT molecular complexity index is 638. The summed E-state index contributed by atoms with van der Waals surface area (Å²) in [5, 5.41) is 34.4. The molecule has 1 aromatic rings. The number of nitrogens with zero attached hydrogens (tertiary/aromatic N) is 2. The van der Waals surface area contributed by atoms with Crippen molar-refractivity contribution in [3.05, 3.63) is 35.9 Å². The minimum absolute atomic E-state index is 0.0929. The van der Waals surface area contributed by atoms with E-state index in [-0.39, 0.29) is 25.1 Å². The van der Waals surface area contributed by atoms with Gasteiger partial charge >= 0.3 is 0 Å². The highest BCUT2D eigenvalue weighted by Crippen LogP contribution is 2.39. The van der Waals surface area contributed by atoms with Crippen molar-refractivity contribution in [2.75, 3.05) is 26.2 Å². The molecule has 2 heterocycles. The van der Waals surface area contributed by atoms with Crippen molar-refractivity contribution in [2.45, 2.75) is 69.5 Å². The fraction of sp³-hybridized carbons (Fsp3) is 0.682. The third kappa shape index (κ3) is 4.98. The fourth-order valence-electron chi connectivity index (χ4n) is 4.69. The number of nitrogens with one attached hydrogen (secondary N) is 1. The quantitative estimate of drug-likeness (QED) is 0.455. The number of aliphatic hydroxyl groups is 3. The third-order valence-electron chi connectivity index (χ3n) is 6.21. The number of carbonyl (C=O) groups is 1. The highest BCUT2D eigenvalue weighted by Gasteiger charge is 2.52. The molecular weight excluding hydrogens is 370 g/mol. The van der Waals surface area contributed by atoms with Gasteiger partial charge in [0.1, 0.15) is 0 Å². The van der Waals surface area contributed by atoms with Gasteiger partial charge in [-0.25, -0.2) is 0 Å². The molecular formula is C22H35N3O4. The Labute approximate surface area is 173 Å². The minimum Gasteiger partial charge on any atom is -0.395 e. The van der Waals surface area contributed by atoms with Crippen LogP contribution in [0.1, 0.15) is 50.8 Å². The number of amides is 1. The zero-order valence-corrected chi connectivity index (χ0v) is 17.3. The molecule has 0 spiro atoms. The van der Waals surface area contributed by atoms with Crippen LogP contribution in [0.25, 0.3) is 0 Å². The van der Waals surface area contributed by atoms with E-state index in [1.165, 1.54) is 0 Å². The van der Waals surface area contributed by atoms with Gasteiger partial charge in [-0.05, 0) is 37.9 Å². The number of hydrogen-bond acceptors (Lipinski definition) is 6. The van der Waals surface area contributed by atoms with Crippen molar-refractivity contribution in [2.24, 2.45) is 0 Å². The molecule has 7 heteroatoms. The minimum atomic E-state index is -1.10. The largest absolute Gasteiger partial charge is 0.395 e. The highest BCUT2D eigenvalue weighted by molar-refractivity contribution is 5.76. The van der Waals surface area contributed by atoms with Crippen LogP contribution in [0.15, 0.2) is 30.3 Å². The normalized spacial score (nSPS) is 29.2. The number of carbonyl (C=O) groups excluding carboxylic acids is 1. The van der Waals surface area contributed by atoms with E-state index in [9.17, 15) is 20.1 Å². The molecule has 0 radical (unpaired) electrons. The van der Waals surface area contributed by atoms with E-state index in [1.54, 1.807) is 0 Å². The van der Waals surface area contributed by atoms with Crippen LogP contribution in [-0.4, -0.2) is 81.6 Å². The summed E-state index contributed by atoms with van der Waals surface area (Å²) in [6, 6.07) is 8.79. The van der Waals surface area contributed by atoms with Crippen LogP contribution in [0, 0.1) is 0 Å². The second kappa shape index (κ2) is 10.5. The van der Waals surface area contributed by atoms with Crippen molar-refractivity contribution in [1.82, 2.24) is 15.1 Å². The number of benzene rings is 1. The van der Waals surface area contributed by atoms with Crippen molar-refractivity contribution in [1.29, 1.82) is 0 Å². The maximum absolute atomic E-state index is 12.5. The van der Waals surface area contributed by atoms with E-state index in [0.717, 1.165) is 44.3 Å². The summed E-state index contributed by atoms with van der Waals surface area (Å²) in [6.07, 6.45) is 1.80. The second-order valence-electron chi connectivity index (χ2n) is 8.18. The average Bonchev–Trinajstić information content (AvgIpc) is 3.33. The molecule has 0 aromatic heterocycles. The molecule has 0 bridgehead atoms. The molecule has 2 fully saturated rings. The molecule has 0 aliphatic carbocycles. The van der Waals surface area contributed by atoms with Crippen molar-refractivity contribution in [3.63, 3.8) is 0 Å². The molecule has 4 N–H and O–H groups in total. The Morgan fingerprint density at radius 1 is 1.14 bits per heavy atom. The Morgan fingerprint density at radius 2 is 1.79 bits per heavy atom. The molecule has 1 aromatic carbocycles. The predicted octanol–water partition coefficient (Wildman–Crippen LogP) is 0.854. The molecule has 0 saturated carbocycles. The second-order valence-corrected chi connectivity index (χ2v) is 8.18. The predicted molar refractivity (Wildman–Crippen MR) is 111 cm³/mol. The molecule has 3 rings (SSSR count). The van der Waals surface area contributed by atoms with Crippen molar-refractivity contribution < 1.29 is 20.1 Å². The van der Waals surface area contributed by atoms with Gasteiger partial charge in [-0.2, -0.15) is 0 Å². The molecule has 7 nitrogen and oxygen atoms in total. The van der Waals surface area contributed by atoms with Gasteiger partial charge in [0.25, 0.3) is 0 Å². The number of aliphatic hydroxyl groups excluding tert-OH is 3. The van der Waals surface area contributed by atoms with E-state index in [2.05, 4.69) is 17.1 Å². The smallest absolute Gasteiger partial charge is 0.221 e. The van der Waals surface area contributed by atoms with Crippen LogP contribution in [0.2, 0.25) is 0 Å². The number of rotatable bonds is 9. The van der Waals surface area contributed by atoms with Crippen molar-refractivity contribution >= 4 is 5.91 Å². The summed E-state index contributed by atoms with van der Waals surface area (Å²) < 4.78 is 0. The molecule has 2 aliphatic rings. The lowest BCUT2D eigenvalue weighted by Gasteiger charge is -2.42. The first-order chi connectivity index (χ1) is 14.1. The number of unbranched alkanes of at least 4 members (excludes halogenated alkanes) is 1. The number of hydrogen-bond donors (Lipinski definition) is 4. The summed E-state index contributed by atoms with van der Waals surface area (Å²) in [6.45, 7) is 4.23. The van der Waals surface area contributed by atoms with Gasteiger partial charge in [0.2, 0.25) is 5.91 Å². The average molecular weight is 406 g/mol. The van der Waals surface area contributed by atoms with Gasteiger partial charge in [0, 0.05) is 19.0 Å². The summed E-state index contributed by atoms with van der Waals surface area (Å²) in [5.74, 6) is -0.133. The Hall–Kier alpha value is -1.51. The highest BCUT2D eigenvalue weighted by atomic mass is 16.3. The van der Waals surface area contributed by atoms with Crippen LogP contribution in [0.4, 0.5) is 0 Å². The van der Waals surface area contributed by atoms with Crippen LogP contribution >= 0.6 is 0 Å². The molecule has 1 amide bonds. The topological polar surface area (TPSA) is 96.3 Å². The Balaban J connectivity index is 1.89. The monoisotopic (exact) mass is 405 g/mol. The zero-order valence-electron chi connectivity index (χ0n) is 17.3. The lowest BCUT2D eigenvalue weighted by Crippen LogP contribution is -2.50. The fourth-order valence-corrected chi connectivity index (χ4v) is 4.69. The molecule has 29 heavy (non-hydrogen) atoms. The van der Waals surface area contributed by atoms with Gasteiger partial charge in [-0.3, -0.25) is 14.6 Å². The van der Waals surface area contributed by atoms with Crippen LogP contribution in [0.3, 0.4) is 0 Å². The summed E-state index contributed by atoms with van der Waals surface area (Å²) in [4.78, 5) is 16.8. The zero-order chi connectivity index (χ0) is 20.8. The summed E-state index contributed by atoms with van der Waals surface area (Å²) in [7, 11) is 0. The van der Waals surface area contributed by atoms with E-state index >= 15 is 0 Å². The molecule has 2 aliphatic heterocycles. The SMILES string of the molecule is CCCCNC(=O)CC1C(O)C(O)C(CO)N1C(c1ccccc1)N1CCCC1. The Kier molecular flexibility index (Phi) is 8.03. The van der Waals surface area contributed by atoms with Gasteiger partial charge in [0.05, 0.1) is 31.0 Å². The van der Waals surface area contributed by atoms with Gasteiger partial charge in [0.15, 0.2) is 0 Å². The van der Waals surface area contributed by atoms with Crippen LogP contribution in [0.5, 0.6) is 0 Å². The molecule has 162 valence electrons. The van der Waals surface area contributed by atoms with E-state index in [4.69, 9.17) is 0 Å². The van der Waals surface area contributed by atoms with E-state index < -0.39 is 24.3 Å². The van der Waals surface area contributed by atoms with Crippen molar-refractivity contribution in [3.8, 4) is 0 Å². The van der Waals surface area contributed by atoms with Gasteiger partial charge in [-0.1, -0.05) is 43.7 Å². The van der Waals surface area contributed by atoms with Crippen LogP contribution < -0.4 is 5.32 Å². The van der Waals surface area contributed by atoms with Gasteiger partial charge < -0.3 is 20.6 Å². The lowest BCUT2D eigenvalue weighted by atomic mass is 10.0. The molecule has 2 saturated heterocycles. The standard InChI is InChI=1S/C22H35N3O4/c1-2-3-11-23-19(27)14-17-20(28)21(29)18(15-26)25(17)22(24-12-7-8-13-24)16-9-5-4-6-10-16/h4-6,9-10,17-18,20-22,26,28-29H,2-3,7-8,11-15H2,1H3,(H,23,27). The first-order valence-electron chi connectivity index (χ1n) is 10.9. The maximum atomic E-state index is 12.5. The number of likely N-dealkylation sites (tertiary alicyclic amines) is 2. The lowest BCUT2D eigenvalue weighted by molar-refractivity contribution is -0.124. The summed E-state index contributed by atoms with van der Waals surface area (Å²) >= 11 is 0. The van der Waals surface area contributed by atoms with E-state index in [0.29, 0.717) is 6.54 Å². The summed E-state index contributed by atoms with van der Waals surface area (Å²) in [5.41, 5.74) is 1.05. The maximum Gasteiger partial charge on any atom is 0.221 e. The third-order valence-corrected chi connectivity index (χ3v) is 6.21. The molecule has 5 unspecified atom stereocenters. The first-order valence-corrected chi connectivity index (χ1v) is 10.9. The van der Waals surface area contributed by atoms with E-state index in [1.807, 2.05) is 35.2 Å². The Morgan fingerprint density at radius 3 is 2.41 bits per heavy atom. The van der Waals surface area contributed by atoms with Crippen LogP contribution in [-0.2, 0) is 4.79 Å².